The number of carbonyl (C=O) groups is 2. The van der Waals surface area contributed by atoms with Crippen LogP contribution < -0.4 is 5.32 Å². The number of rotatable bonds is 7. The molecule has 1 amide bonds. The summed E-state index contributed by atoms with van der Waals surface area (Å²) in [6, 6.07) is 1.57. The lowest BCUT2D eigenvalue weighted by Crippen LogP contribution is -2.31. The van der Waals surface area contributed by atoms with Crippen molar-refractivity contribution >= 4 is 11.9 Å². The third kappa shape index (κ3) is 4.70. The topological polar surface area (TPSA) is 95.7 Å². The molecule has 2 N–H and O–H groups in total. The standard InChI is InChI=1S/C12H19N3O4/c1-8(2)15(3)6-4-5-13-11(16)9-7-10(12(17)18)19-14-9/h7-8H,4-6H2,1-3H3,(H,13,16)(H,17,18). The number of nitrogens with one attached hydrogen (secondary N) is 1. The first-order chi connectivity index (χ1) is 8.91. The van der Waals surface area contributed by atoms with E-state index in [1.165, 1.54) is 0 Å². The van der Waals surface area contributed by atoms with Crippen molar-refractivity contribution in [2.45, 2.75) is 26.3 Å². The fraction of sp³-hybridized carbons (Fsp3) is 0.583. The number of carboxylic acid groups (broad SMARTS) is 1. The minimum Gasteiger partial charge on any atom is -0.475 e. The van der Waals surface area contributed by atoms with Crippen LogP contribution in [-0.2, 0) is 0 Å². The van der Waals surface area contributed by atoms with Gasteiger partial charge in [0.2, 0.25) is 5.76 Å². The van der Waals surface area contributed by atoms with E-state index in [1.807, 2.05) is 7.05 Å². The number of carboxylic acids is 1. The molecule has 0 saturated carbocycles. The summed E-state index contributed by atoms with van der Waals surface area (Å²) in [6.07, 6.45) is 0.810. The molecule has 1 aromatic rings. The molecule has 0 bridgehead atoms. The molecule has 0 aliphatic heterocycles. The lowest BCUT2D eigenvalue weighted by Gasteiger charge is -2.20. The van der Waals surface area contributed by atoms with Crippen molar-refractivity contribution in [2.24, 2.45) is 0 Å². The van der Waals surface area contributed by atoms with Crippen LogP contribution in [0.1, 0.15) is 41.3 Å². The molecule has 1 rings (SSSR count). The molecule has 7 nitrogen and oxygen atoms in total. The van der Waals surface area contributed by atoms with E-state index < -0.39 is 11.9 Å². The molecule has 1 aromatic heterocycles. The average molecular weight is 269 g/mol. The predicted octanol–water partition coefficient (Wildman–Crippen LogP) is 0.833. The number of nitrogens with zero attached hydrogens (tertiary/aromatic N) is 2. The van der Waals surface area contributed by atoms with Crippen LogP contribution in [0.4, 0.5) is 0 Å². The first-order valence-electron chi connectivity index (χ1n) is 6.10. The Morgan fingerprint density at radius 3 is 2.74 bits per heavy atom. The van der Waals surface area contributed by atoms with E-state index in [0.717, 1.165) is 19.0 Å². The van der Waals surface area contributed by atoms with E-state index in [-0.39, 0.29) is 11.5 Å². The molecule has 0 spiro atoms. The highest BCUT2D eigenvalue weighted by molar-refractivity contribution is 5.94. The molecular formula is C12H19N3O4. The Kier molecular flexibility index (Phi) is 5.50. The minimum atomic E-state index is -1.25. The van der Waals surface area contributed by atoms with Crippen LogP contribution in [0.25, 0.3) is 0 Å². The third-order valence-corrected chi connectivity index (χ3v) is 2.81. The van der Waals surface area contributed by atoms with Crippen molar-refractivity contribution in [1.29, 1.82) is 0 Å². The Bertz CT molecular complexity index is 442. The van der Waals surface area contributed by atoms with Crippen molar-refractivity contribution in [3.8, 4) is 0 Å². The lowest BCUT2D eigenvalue weighted by molar-refractivity contribution is 0.0651. The van der Waals surface area contributed by atoms with Gasteiger partial charge in [0.1, 0.15) is 0 Å². The fourth-order valence-electron chi connectivity index (χ4n) is 1.36. The lowest BCUT2D eigenvalue weighted by atomic mass is 10.3. The number of hydrogen-bond donors (Lipinski definition) is 2. The summed E-state index contributed by atoms with van der Waals surface area (Å²) < 4.78 is 4.50. The van der Waals surface area contributed by atoms with Gasteiger partial charge in [-0.05, 0) is 33.9 Å². The number of amides is 1. The zero-order valence-corrected chi connectivity index (χ0v) is 11.3. The monoisotopic (exact) mass is 269 g/mol. The molecule has 19 heavy (non-hydrogen) atoms. The number of carbonyl (C=O) groups excluding carboxylic acids is 1. The average Bonchev–Trinajstić information content (AvgIpc) is 2.83. The molecule has 1 heterocycles. The smallest absolute Gasteiger partial charge is 0.374 e. The summed E-state index contributed by atoms with van der Waals surface area (Å²) in [4.78, 5) is 24.4. The van der Waals surface area contributed by atoms with Crippen molar-refractivity contribution in [2.75, 3.05) is 20.1 Å². The fourth-order valence-corrected chi connectivity index (χ4v) is 1.36. The first-order valence-corrected chi connectivity index (χ1v) is 6.10. The molecule has 7 heteroatoms. The van der Waals surface area contributed by atoms with Crippen molar-refractivity contribution < 1.29 is 19.2 Å². The highest BCUT2D eigenvalue weighted by atomic mass is 16.5. The first kappa shape index (κ1) is 15.2. The SMILES string of the molecule is CC(C)N(C)CCCNC(=O)c1cc(C(=O)O)on1. The zero-order valence-electron chi connectivity index (χ0n) is 11.3. The van der Waals surface area contributed by atoms with Crippen molar-refractivity contribution in [1.82, 2.24) is 15.4 Å². The molecule has 0 aliphatic carbocycles. The van der Waals surface area contributed by atoms with Crippen LogP contribution >= 0.6 is 0 Å². The van der Waals surface area contributed by atoms with E-state index in [9.17, 15) is 9.59 Å². The van der Waals surface area contributed by atoms with Gasteiger partial charge >= 0.3 is 5.97 Å². The van der Waals surface area contributed by atoms with E-state index >= 15 is 0 Å². The van der Waals surface area contributed by atoms with Gasteiger partial charge in [-0.2, -0.15) is 0 Å². The summed E-state index contributed by atoms with van der Waals surface area (Å²) in [6.45, 7) is 5.57. The zero-order chi connectivity index (χ0) is 14.4. The summed E-state index contributed by atoms with van der Waals surface area (Å²) in [5.41, 5.74) is -0.0189. The Hall–Kier alpha value is -1.89. The maximum atomic E-state index is 11.6. The summed E-state index contributed by atoms with van der Waals surface area (Å²) >= 11 is 0. The Morgan fingerprint density at radius 1 is 1.53 bits per heavy atom. The van der Waals surface area contributed by atoms with E-state index in [0.29, 0.717) is 12.6 Å². The molecule has 0 atom stereocenters. The second kappa shape index (κ2) is 6.89. The molecular weight excluding hydrogens is 250 g/mol. The third-order valence-electron chi connectivity index (χ3n) is 2.81. The van der Waals surface area contributed by atoms with Gasteiger partial charge in [0, 0.05) is 18.7 Å². The quantitative estimate of drug-likeness (QED) is 0.712. The van der Waals surface area contributed by atoms with Gasteiger partial charge in [0.25, 0.3) is 5.91 Å². The van der Waals surface area contributed by atoms with Crippen LogP contribution in [0.2, 0.25) is 0 Å². The van der Waals surface area contributed by atoms with Crippen molar-refractivity contribution in [3.63, 3.8) is 0 Å². The Morgan fingerprint density at radius 2 is 2.21 bits per heavy atom. The molecule has 0 unspecified atom stereocenters. The highest BCUT2D eigenvalue weighted by Gasteiger charge is 2.16. The van der Waals surface area contributed by atoms with E-state index in [1.54, 1.807) is 0 Å². The molecule has 106 valence electrons. The van der Waals surface area contributed by atoms with Gasteiger partial charge in [0.05, 0.1) is 0 Å². The summed E-state index contributed by atoms with van der Waals surface area (Å²) in [7, 11) is 2.02. The normalized spacial score (nSPS) is 11.0. The van der Waals surface area contributed by atoms with Crippen LogP contribution in [0, 0.1) is 0 Å². The van der Waals surface area contributed by atoms with Crippen LogP contribution in [0.3, 0.4) is 0 Å². The molecule has 0 saturated heterocycles. The highest BCUT2D eigenvalue weighted by Crippen LogP contribution is 2.03. The maximum Gasteiger partial charge on any atom is 0.374 e. The number of aromatic nitrogens is 1. The largest absolute Gasteiger partial charge is 0.475 e. The summed E-state index contributed by atoms with van der Waals surface area (Å²) in [5.74, 6) is -2.02. The Balaban J connectivity index is 2.33. The molecule has 0 fully saturated rings. The summed E-state index contributed by atoms with van der Waals surface area (Å²) in [5, 5.41) is 14.7. The van der Waals surface area contributed by atoms with Crippen LogP contribution in [0.15, 0.2) is 10.6 Å². The van der Waals surface area contributed by atoms with Crippen LogP contribution in [0.5, 0.6) is 0 Å². The number of aromatic carboxylic acids is 1. The van der Waals surface area contributed by atoms with Crippen molar-refractivity contribution in [3.05, 3.63) is 17.5 Å². The van der Waals surface area contributed by atoms with Gasteiger partial charge in [-0.1, -0.05) is 5.16 Å². The second-order valence-corrected chi connectivity index (χ2v) is 4.57. The van der Waals surface area contributed by atoms with Crippen LogP contribution in [-0.4, -0.2) is 53.2 Å². The van der Waals surface area contributed by atoms with Gasteiger partial charge in [-0.25, -0.2) is 4.79 Å². The maximum absolute atomic E-state index is 11.6. The van der Waals surface area contributed by atoms with Gasteiger partial charge in [-0.3, -0.25) is 4.79 Å². The molecule has 0 radical (unpaired) electrons. The van der Waals surface area contributed by atoms with E-state index in [4.69, 9.17) is 5.11 Å². The predicted molar refractivity (Wildman–Crippen MR) is 68.2 cm³/mol. The van der Waals surface area contributed by atoms with Gasteiger partial charge in [0.15, 0.2) is 5.69 Å². The second-order valence-electron chi connectivity index (χ2n) is 4.57. The Labute approximate surface area is 111 Å². The molecule has 0 aliphatic rings. The van der Waals surface area contributed by atoms with Gasteiger partial charge < -0.3 is 19.8 Å². The van der Waals surface area contributed by atoms with E-state index in [2.05, 4.69) is 33.7 Å². The van der Waals surface area contributed by atoms with Gasteiger partial charge in [-0.15, -0.1) is 0 Å². The number of hydrogen-bond acceptors (Lipinski definition) is 5. The minimum absolute atomic E-state index is 0.0189. The molecule has 0 aromatic carbocycles.